The highest BCUT2D eigenvalue weighted by atomic mass is 16.7. The van der Waals surface area contributed by atoms with Gasteiger partial charge in [-0.15, -0.1) is 0 Å². The lowest BCUT2D eigenvalue weighted by Crippen LogP contribution is -2.74. The van der Waals surface area contributed by atoms with E-state index in [1.54, 1.807) is 46.5 Å². The van der Waals surface area contributed by atoms with E-state index in [0.29, 0.717) is 24.7 Å². The van der Waals surface area contributed by atoms with Crippen LogP contribution in [0, 0.1) is 28.1 Å². The molecule has 1 aromatic rings. The minimum Gasteiger partial charge on any atom is -0.472 e. The molecule has 0 amide bonds. The van der Waals surface area contributed by atoms with Crippen LogP contribution in [-0.2, 0) is 33.3 Å². The fourth-order valence-corrected chi connectivity index (χ4v) is 9.44. The Kier molecular flexibility index (Phi) is 8.55. The monoisotopic (exact) mass is 614 g/mol. The van der Waals surface area contributed by atoms with Crippen molar-refractivity contribution in [2.24, 2.45) is 28.1 Å². The first-order valence-electron chi connectivity index (χ1n) is 15.4. The molecule has 0 spiro atoms. The summed E-state index contributed by atoms with van der Waals surface area (Å²) in [7, 11) is 1.57. The van der Waals surface area contributed by atoms with E-state index >= 15 is 0 Å². The van der Waals surface area contributed by atoms with Crippen LogP contribution in [0.15, 0.2) is 45.8 Å². The maximum absolute atomic E-state index is 13.3. The van der Waals surface area contributed by atoms with Gasteiger partial charge < -0.3 is 38.4 Å². The second-order valence-electron chi connectivity index (χ2n) is 13.8. The highest BCUT2D eigenvalue weighted by Gasteiger charge is 2.75. The van der Waals surface area contributed by atoms with E-state index in [-0.39, 0.29) is 12.3 Å². The third kappa shape index (κ3) is 4.63. The zero-order valence-electron chi connectivity index (χ0n) is 26.9. The Hall–Kier alpha value is -2.79. The summed E-state index contributed by atoms with van der Waals surface area (Å²) in [6.45, 7) is 12.2. The van der Waals surface area contributed by atoms with Crippen molar-refractivity contribution in [1.82, 2.24) is 0 Å². The largest absolute Gasteiger partial charge is 0.472 e. The van der Waals surface area contributed by atoms with Crippen molar-refractivity contribution in [3.05, 3.63) is 47.0 Å². The molecule has 0 unspecified atom stereocenters. The molecule has 1 aliphatic heterocycles. The molecular weight excluding hydrogens is 568 g/mol. The second-order valence-corrected chi connectivity index (χ2v) is 13.8. The lowest BCUT2D eigenvalue weighted by molar-refractivity contribution is -0.285. The fourth-order valence-electron chi connectivity index (χ4n) is 9.44. The molecule has 3 fully saturated rings. The number of carbonyl (C=O) groups is 3. The van der Waals surface area contributed by atoms with Gasteiger partial charge in [0.15, 0.2) is 6.29 Å². The number of esters is 2. The Labute approximate surface area is 258 Å². The number of carbonyl (C=O) groups excluding carboxylic acids is 3. The van der Waals surface area contributed by atoms with E-state index in [4.69, 9.17) is 23.4 Å². The minimum absolute atomic E-state index is 0.0158. The van der Waals surface area contributed by atoms with Gasteiger partial charge in [0.25, 0.3) is 0 Å². The molecule has 44 heavy (non-hydrogen) atoms. The van der Waals surface area contributed by atoms with E-state index in [1.165, 1.54) is 6.92 Å². The van der Waals surface area contributed by atoms with Crippen molar-refractivity contribution < 1.29 is 48.0 Å². The van der Waals surface area contributed by atoms with Crippen LogP contribution in [0.2, 0.25) is 0 Å². The van der Waals surface area contributed by atoms with Gasteiger partial charge in [-0.25, -0.2) is 4.79 Å². The van der Waals surface area contributed by atoms with E-state index in [0.717, 1.165) is 16.7 Å². The molecule has 10 nitrogen and oxygen atoms in total. The van der Waals surface area contributed by atoms with Crippen molar-refractivity contribution in [3.8, 4) is 0 Å². The first-order chi connectivity index (χ1) is 20.7. The molecule has 1 saturated heterocycles. The van der Waals surface area contributed by atoms with Crippen LogP contribution in [0.25, 0.3) is 0 Å². The summed E-state index contributed by atoms with van der Waals surface area (Å²) in [6, 6.07) is 1.92. The minimum atomic E-state index is -1.44. The number of rotatable bonds is 6. The molecule has 2 N–H and O–H groups in total. The maximum atomic E-state index is 13.3. The van der Waals surface area contributed by atoms with Gasteiger partial charge in [-0.3, -0.25) is 4.79 Å². The highest BCUT2D eigenvalue weighted by molar-refractivity contribution is 5.87. The van der Waals surface area contributed by atoms with E-state index < -0.39 is 76.8 Å². The van der Waals surface area contributed by atoms with Crippen LogP contribution in [0.5, 0.6) is 0 Å². The topological polar surface area (TPSA) is 142 Å². The number of aliphatic hydroxyl groups is 2. The predicted molar refractivity (Wildman–Crippen MR) is 158 cm³/mol. The molecule has 0 aromatic carbocycles. The number of hydrogen-bond donors (Lipinski definition) is 2. The summed E-state index contributed by atoms with van der Waals surface area (Å²) in [5.74, 6) is -2.64. The van der Waals surface area contributed by atoms with Gasteiger partial charge in [-0.1, -0.05) is 25.5 Å². The van der Waals surface area contributed by atoms with Crippen LogP contribution in [0.3, 0.4) is 0 Å². The molecule has 4 aliphatic rings. The number of allylic oxidation sites excluding steroid dienone is 2. The number of aliphatic hydroxyl groups excluding tert-OH is 2. The normalized spacial score (nSPS) is 43.8. The van der Waals surface area contributed by atoms with Crippen LogP contribution < -0.4 is 0 Å². The smallest absolute Gasteiger partial charge is 0.333 e. The van der Waals surface area contributed by atoms with E-state index in [9.17, 15) is 24.6 Å². The lowest BCUT2D eigenvalue weighted by Gasteiger charge is -2.67. The van der Waals surface area contributed by atoms with Gasteiger partial charge in [0.2, 0.25) is 0 Å². The Morgan fingerprint density at radius 2 is 1.80 bits per heavy atom. The summed E-state index contributed by atoms with van der Waals surface area (Å²) in [4.78, 5) is 39.0. The number of methoxy groups -OCH3 is 1. The zero-order valence-corrected chi connectivity index (χ0v) is 26.9. The predicted octanol–water partition coefficient (Wildman–Crippen LogP) is 4.24. The summed E-state index contributed by atoms with van der Waals surface area (Å²) >= 11 is 0. The van der Waals surface area contributed by atoms with Crippen molar-refractivity contribution in [3.63, 3.8) is 0 Å². The Morgan fingerprint density at radius 3 is 2.36 bits per heavy atom. The molecule has 242 valence electrons. The van der Waals surface area contributed by atoms with Crippen molar-refractivity contribution in [2.75, 3.05) is 7.11 Å². The summed E-state index contributed by atoms with van der Waals surface area (Å²) in [5, 5.41) is 24.1. The van der Waals surface area contributed by atoms with Crippen molar-refractivity contribution >= 4 is 18.2 Å². The first kappa shape index (κ1) is 32.6. The molecule has 1 aromatic heterocycles. The Bertz CT molecular complexity index is 1350. The van der Waals surface area contributed by atoms with E-state index in [2.05, 4.69) is 0 Å². The third-order valence-electron chi connectivity index (χ3n) is 11.7. The fraction of sp³-hybridized carbons (Fsp3) is 0.676. The molecule has 3 aliphatic carbocycles. The Morgan fingerprint density at radius 1 is 1.09 bits per heavy atom. The second kappa shape index (κ2) is 11.5. The van der Waals surface area contributed by atoms with Crippen LogP contribution >= 0.6 is 0 Å². The summed E-state index contributed by atoms with van der Waals surface area (Å²) in [5.41, 5.74) is -0.337. The Balaban J connectivity index is 1.80. The molecule has 12 atom stereocenters. The quantitative estimate of drug-likeness (QED) is 0.207. The number of hydrogen-bond acceptors (Lipinski definition) is 10. The molecule has 10 heteroatoms. The van der Waals surface area contributed by atoms with Crippen LogP contribution in [0.4, 0.5) is 0 Å². The van der Waals surface area contributed by atoms with E-state index in [1.807, 2.05) is 26.8 Å². The average Bonchev–Trinajstić information content (AvgIpc) is 3.60. The van der Waals surface area contributed by atoms with Crippen LogP contribution in [-0.4, -0.2) is 72.4 Å². The maximum Gasteiger partial charge on any atom is 0.333 e. The van der Waals surface area contributed by atoms with Gasteiger partial charge in [-0.2, -0.15) is 0 Å². The van der Waals surface area contributed by atoms with Gasteiger partial charge in [0, 0.05) is 55.1 Å². The molecule has 0 radical (unpaired) electrons. The number of furan rings is 1. The summed E-state index contributed by atoms with van der Waals surface area (Å²) in [6.07, 6.45) is 0.825. The van der Waals surface area contributed by atoms with Crippen molar-refractivity contribution in [1.29, 1.82) is 0 Å². The lowest BCUT2D eigenvalue weighted by atomic mass is 9.38. The molecule has 0 bridgehead atoms. The van der Waals surface area contributed by atoms with Gasteiger partial charge in [0.05, 0.1) is 30.1 Å². The number of fused-ring (bicyclic) bond motifs is 5. The number of aldehydes is 1. The van der Waals surface area contributed by atoms with Gasteiger partial charge in [0.1, 0.15) is 24.6 Å². The summed E-state index contributed by atoms with van der Waals surface area (Å²) < 4.78 is 30.1. The molecule has 2 heterocycles. The highest BCUT2D eigenvalue weighted by Crippen LogP contribution is 2.70. The van der Waals surface area contributed by atoms with Gasteiger partial charge in [-0.05, 0) is 57.2 Å². The van der Waals surface area contributed by atoms with Crippen LogP contribution in [0.1, 0.15) is 79.2 Å². The zero-order chi connectivity index (χ0) is 32.4. The SMILES string of the molecule is C/C=C(\C)C(=O)O[C@H]1C[C@@H](O)[C@@](C)(C=O)[C@@H]2[C@@H](OC(C)=O)[C@@H](O)[C@@]3(C)C4=C(C)[C@H](c5ccoc5)C[C@@H]4O[C@@H](OC)C[C@@H]3[C@@]12C. The first-order valence-corrected chi connectivity index (χ1v) is 15.4. The average molecular weight is 615 g/mol. The molecule has 2 saturated carbocycles. The standard InChI is InChI=1S/C34H46O10/c1-9-17(2)31(39)44-25-14-24(37)32(5,16-35)29-28(42-19(4)36)30(38)34(7)23(33(25,29)6)13-26(40-8)43-22-12-21(18(3)27(22)34)20-10-11-41-15-20/h9-11,15-16,21-26,28-30,37-38H,12-14H2,1-8H3/b17-9+/t21-,22+,23-,24-,25+,26-,28-,29+,30-,32-,33+,34-/m1/s1. The molecular formula is C34H46O10. The molecule has 5 rings (SSSR count). The van der Waals surface area contributed by atoms with Crippen molar-refractivity contribution in [2.45, 2.75) is 110 Å². The number of ether oxygens (including phenoxy) is 4. The third-order valence-corrected chi connectivity index (χ3v) is 11.7. The van der Waals surface area contributed by atoms with Gasteiger partial charge >= 0.3 is 11.9 Å².